The van der Waals surface area contributed by atoms with Crippen molar-refractivity contribution in [2.24, 2.45) is 0 Å². The standard InChI is InChI=1S/C20H30N2O4S/c1-2-26-18-12-11-16(20(23)21-17-9-5-3-4-6-10-17)15-19(18)27(24,25)22-13-7-8-14-22/h11-12,15,17H,2-10,13-14H2,1H3,(H,21,23). The summed E-state index contributed by atoms with van der Waals surface area (Å²) in [4.78, 5) is 12.8. The Bertz CT molecular complexity index is 749. The van der Waals surface area contributed by atoms with Crippen LogP contribution in [0.25, 0.3) is 0 Å². The van der Waals surface area contributed by atoms with Crippen LogP contribution in [-0.2, 0) is 10.0 Å². The lowest BCUT2D eigenvalue weighted by Crippen LogP contribution is -2.34. The van der Waals surface area contributed by atoms with Crippen molar-refractivity contribution in [3.05, 3.63) is 23.8 Å². The maximum absolute atomic E-state index is 13.1. The van der Waals surface area contributed by atoms with Crippen LogP contribution in [0.1, 0.15) is 68.6 Å². The van der Waals surface area contributed by atoms with E-state index >= 15 is 0 Å². The van der Waals surface area contributed by atoms with Gasteiger partial charge >= 0.3 is 0 Å². The SMILES string of the molecule is CCOc1ccc(C(=O)NC2CCCCCC2)cc1S(=O)(=O)N1CCCC1. The normalized spacial score (nSPS) is 19.6. The van der Waals surface area contributed by atoms with Gasteiger partial charge in [0.25, 0.3) is 5.91 Å². The molecule has 0 aromatic heterocycles. The summed E-state index contributed by atoms with van der Waals surface area (Å²) >= 11 is 0. The van der Waals surface area contributed by atoms with E-state index in [1.807, 2.05) is 6.92 Å². The zero-order valence-corrected chi connectivity index (χ0v) is 16.9. The summed E-state index contributed by atoms with van der Waals surface area (Å²) in [7, 11) is -3.66. The first kappa shape index (κ1) is 20.1. The van der Waals surface area contributed by atoms with E-state index in [1.54, 1.807) is 12.1 Å². The number of carbonyl (C=O) groups is 1. The predicted octanol–water partition coefficient (Wildman–Crippen LogP) is 3.32. The van der Waals surface area contributed by atoms with Crippen LogP contribution in [0, 0.1) is 0 Å². The molecule has 0 unspecified atom stereocenters. The molecule has 1 saturated heterocycles. The fourth-order valence-electron chi connectivity index (χ4n) is 3.89. The van der Waals surface area contributed by atoms with Gasteiger partial charge in [0, 0.05) is 24.7 Å². The number of amides is 1. The van der Waals surface area contributed by atoms with Crippen molar-refractivity contribution in [2.45, 2.75) is 69.2 Å². The zero-order valence-electron chi connectivity index (χ0n) is 16.1. The Hall–Kier alpha value is -1.60. The van der Waals surface area contributed by atoms with E-state index in [9.17, 15) is 13.2 Å². The predicted molar refractivity (Wildman–Crippen MR) is 105 cm³/mol. The topological polar surface area (TPSA) is 75.7 Å². The number of benzene rings is 1. The molecule has 150 valence electrons. The van der Waals surface area contributed by atoms with Gasteiger partial charge in [0.05, 0.1) is 6.61 Å². The van der Waals surface area contributed by atoms with Crippen LogP contribution < -0.4 is 10.1 Å². The fourth-order valence-corrected chi connectivity index (χ4v) is 5.56. The summed E-state index contributed by atoms with van der Waals surface area (Å²) < 4.78 is 33.1. The van der Waals surface area contributed by atoms with E-state index in [0.717, 1.165) is 38.5 Å². The molecule has 7 heteroatoms. The number of ether oxygens (including phenoxy) is 1. The second-order valence-corrected chi connectivity index (χ2v) is 9.27. The van der Waals surface area contributed by atoms with Gasteiger partial charge in [0.2, 0.25) is 10.0 Å². The van der Waals surface area contributed by atoms with Gasteiger partial charge in [-0.25, -0.2) is 8.42 Å². The Balaban J connectivity index is 1.85. The third-order valence-corrected chi connectivity index (χ3v) is 7.30. The Morgan fingerprint density at radius 1 is 1.11 bits per heavy atom. The smallest absolute Gasteiger partial charge is 0.251 e. The molecular formula is C20H30N2O4S. The summed E-state index contributed by atoms with van der Waals surface area (Å²) in [5.74, 6) is 0.109. The summed E-state index contributed by atoms with van der Waals surface area (Å²) in [6.45, 7) is 3.23. The molecule has 0 bridgehead atoms. The monoisotopic (exact) mass is 394 g/mol. The number of rotatable bonds is 6. The summed E-state index contributed by atoms with van der Waals surface area (Å²) in [6.07, 6.45) is 8.40. The van der Waals surface area contributed by atoms with Crippen LogP contribution >= 0.6 is 0 Å². The fraction of sp³-hybridized carbons (Fsp3) is 0.650. The molecule has 1 amide bonds. The second kappa shape index (κ2) is 9.06. The molecule has 6 nitrogen and oxygen atoms in total. The molecular weight excluding hydrogens is 364 g/mol. The van der Waals surface area contributed by atoms with E-state index < -0.39 is 10.0 Å². The summed E-state index contributed by atoms with van der Waals surface area (Å²) in [5, 5.41) is 3.09. The van der Waals surface area contributed by atoms with E-state index in [2.05, 4.69) is 5.32 Å². The van der Waals surface area contributed by atoms with Gasteiger partial charge in [0.1, 0.15) is 10.6 Å². The minimum absolute atomic E-state index is 0.0970. The second-order valence-electron chi connectivity index (χ2n) is 7.37. The number of sulfonamides is 1. The van der Waals surface area contributed by atoms with E-state index in [1.165, 1.54) is 23.2 Å². The quantitative estimate of drug-likeness (QED) is 0.751. The highest BCUT2D eigenvalue weighted by atomic mass is 32.2. The van der Waals surface area contributed by atoms with E-state index in [-0.39, 0.29) is 16.8 Å². The van der Waals surface area contributed by atoms with Crippen LogP contribution in [0.2, 0.25) is 0 Å². The zero-order chi connectivity index (χ0) is 19.3. The molecule has 0 spiro atoms. The van der Waals surface area contributed by atoms with Crippen molar-refractivity contribution < 1.29 is 17.9 Å². The summed E-state index contributed by atoms with van der Waals surface area (Å²) in [6, 6.07) is 4.91. The number of hydrogen-bond acceptors (Lipinski definition) is 4. The molecule has 0 radical (unpaired) electrons. The highest BCUT2D eigenvalue weighted by Gasteiger charge is 2.31. The van der Waals surface area contributed by atoms with Gasteiger partial charge in [-0.15, -0.1) is 0 Å². The third kappa shape index (κ3) is 4.82. The van der Waals surface area contributed by atoms with Crippen LogP contribution in [0.15, 0.2) is 23.1 Å². The van der Waals surface area contributed by atoms with Gasteiger partial charge < -0.3 is 10.1 Å². The number of nitrogens with one attached hydrogen (secondary N) is 1. The Morgan fingerprint density at radius 3 is 2.41 bits per heavy atom. The maximum atomic E-state index is 13.1. The van der Waals surface area contributed by atoms with Crippen molar-refractivity contribution in [1.29, 1.82) is 0 Å². The first-order valence-electron chi connectivity index (χ1n) is 10.1. The van der Waals surface area contributed by atoms with Gasteiger partial charge in [0.15, 0.2) is 0 Å². The van der Waals surface area contributed by atoms with Crippen LogP contribution in [0.5, 0.6) is 5.75 Å². The third-order valence-electron chi connectivity index (χ3n) is 5.38. The number of carbonyl (C=O) groups excluding carboxylic acids is 1. The minimum Gasteiger partial charge on any atom is -0.492 e. The molecule has 1 aliphatic carbocycles. The van der Waals surface area contributed by atoms with Crippen molar-refractivity contribution in [3.8, 4) is 5.75 Å². The largest absolute Gasteiger partial charge is 0.492 e. The van der Waals surface area contributed by atoms with Gasteiger partial charge in [-0.2, -0.15) is 4.31 Å². The first-order valence-corrected chi connectivity index (χ1v) is 11.5. The molecule has 1 saturated carbocycles. The van der Waals surface area contributed by atoms with E-state index in [0.29, 0.717) is 31.0 Å². The molecule has 1 aromatic rings. The maximum Gasteiger partial charge on any atom is 0.251 e. The van der Waals surface area contributed by atoms with Gasteiger partial charge in [-0.05, 0) is 50.8 Å². The molecule has 1 aliphatic heterocycles. The average Bonchev–Trinajstić information content (AvgIpc) is 3.09. The first-order chi connectivity index (χ1) is 13.0. The van der Waals surface area contributed by atoms with Crippen LogP contribution in [0.3, 0.4) is 0 Å². The van der Waals surface area contributed by atoms with Crippen LogP contribution in [-0.4, -0.2) is 44.4 Å². The molecule has 27 heavy (non-hydrogen) atoms. The van der Waals surface area contributed by atoms with Gasteiger partial charge in [-0.3, -0.25) is 4.79 Å². The average molecular weight is 395 g/mol. The lowest BCUT2D eigenvalue weighted by atomic mass is 10.1. The summed E-state index contributed by atoms with van der Waals surface area (Å²) in [5.41, 5.74) is 0.375. The Kier molecular flexibility index (Phi) is 6.76. The van der Waals surface area contributed by atoms with E-state index in [4.69, 9.17) is 4.74 Å². The lowest BCUT2D eigenvalue weighted by molar-refractivity contribution is 0.0933. The molecule has 1 heterocycles. The lowest BCUT2D eigenvalue weighted by Gasteiger charge is -2.20. The molecule has 0 atom stereocenters. The minimum atomic E-state index is -3.66. The number of hydrogen-bond donors (Lipinski definition) is 1. The number of nitrogens with zero attached hydrogens (tertiary/aromatic N) is 1. The Morgan fingerprint density at radius 2 is 1.78 bits per heavy atom. The van der Waals surface area contributed by atoms with Crippen molar-refractivity contribution in [3.63, 3.8) is 0 Å². The van der Waals surface area contributed by atoms with Crippen molar-refractivity contribution in [1.82, 2.24) is 9.62 Å². The van der Waals surface area contributed by atoms with Gasteiger partial charge in [-0.1, -0.05) is 25.7 Å². The molecule has 1 aromatic carbocycles. The van der Waals surface area contributed by atoms with Crippen LogP contribution in [0.4, 0.5) is 0 Å². The Labute approximate surface area is 162 Å². The van der Waals surface area contributed by atoms with Crippen molar-refractivity contribution in [2.75, 3.05) is 19.7 Å². The molecule has 1 N–H and O–H groups in total. The molecule has 3 rings (SSSR count). The molecule has 2 aliphatic rings. The highest BCUT2D eigenvalue weighted by molar-refractivity contribution is 7.89. The van der Waals surface area contributed by atoms with Crippen molar-refractivity contribution >= 4 is 15.9 Å². The molecule has 2 fully saturated rings. The highest BCUT2D eigenvalue weighted by Crippen LogP contribution is 2.30.